The first kappa shape index (κ1) is 26.1. The Bertz CT molecular complexity index is 1490. The molecule has 0 aliphatic carbocycles. The van der Waals surface area contributed by atoms with Gasteiger partial charge in [-0.15, -0.1) is 0 Å². The number of aromatic nitrogens is 2. The summed E-state index contributed by atoms with van der Waals surface area (Å²) in [6.45, 7) is 1.49. The van der Waals surface area contributed by atoms with E-state index in [9.17, 15) is 14.7 Å². The summed E-state index contributed by atoms with van der Waals surface area (Å²) in [7, 11) is 2.81. The highest BCUT2D eigenvalue weighted by atomic mass is 16.5. The van der Waals surface area contributed by atoms with Crippen LogP contribution in [-0.4, -0.2) is 53.5 Å². The van der Waals surface area contributed by atoms with Crippen LogP contribution in [0.5, 0.6) is 11.5 Å². The van der Waals surface area contributed by atoms with Crippen LogP contribution < -0.4 is 15.4 Å². The molecule has 4 aromatic rings. The highest BCUT2D eigenvalue weighted by molar-refractivity contribution is 6.14. The standard InChI is InChI=1S/C29H30N4O6/c1-37-24-13-18(10-11-23(24)34)15-30-20-14-22-25(32-28(35)19-7-4-3-5-8-19)26(29(36)38-2)33(27(22)31-16-20)17-21-9-6-12-39-21/h3-5,7-8,10-11,13-14,16,21,30,34H,6,9,12,15,17H2,1-2H3,(H,32,35). The second kappa shape index (κ2) is 11.4. The van der Waals surface area contributed by atoms with Crippen LogP contribution in [0.3, 0.4) is 0 Å². The van der Waals surface area contributed by atoms with Gasteiger partial charge in [0.2, 0.25) is 0 Å². The number of carbonyl (C=O) groups excluding carboxylic acids is 2. The van der Waals surface area contributed by atoms with Gasteiger partial charge in [0.25, 0.3) is 5.91 Å². The number of methoxy groups -OCH3 is 2. The summed E-state index contributed by atoms with van der Waals surface area (Å²) >= 11 is 0. The van der Waals surface area contributed by atoms with Crippen molar-refractivity contribution >= 4 is 34.3 Å². The molecule has 2 aromatic heterocycles. The summed E-state index contributed by atoms with van der Waals surface area (Å²) in [5.41, 5.74) is 3.08. The summed E-state index contributed by atoms with van der Waals surface area (Å²) < 4.78 is 18.0. The number of phenolic OH excluding ortho intramolecular Hbond substituents is 1. The third-order valence-corrected chi connectivity index (χ3v) is 6.70. The number of rotatable bonds is 9. The zero-order chi connectivity index (χ0) is 27.4. The first-order valence-corrected chi connectivity index (χ1v) is 12.7. The molecule has 202 valence electrons. The van der Waals surface area contributed by atoms with Gasteiger partial charge in [0.1, 0.15) is 5.65 Å². The quantitative estimate of drug-likeness (QED) is 0.269. The summed E-state index contributed by atoms with van der Waals surface area (Å²) in [5.74, 6) is -0.500. The molecule has 1 amide bonds. The summed E-state index contributed by atoms with van der Waals surface area (Å²) in [4.78, 5) is 31.0. The van der Waals surface area contributed by atoms with E-state index in [0.717, 1.165) is 18.4 Å². The molecule has 1 atom stereocenters. The zero-order valence-corrected chi connectivity index (χ0v) is 21.8. The van der Waals surface area contributed by atoms with Gasteiger partial charge >= 0.3 is 5.97 Å². The van der Waals surface area contributed by atoms with E-state index in [2.05, 4.69) is 15.6 Å². The summed E-state index contributed by atoms with van der Waals surface area (Å²) in [6, 6.07) is 15.7. The largest absolute Gasteiger partial charge is 0.504 e. The fourth-order valence-corrected chi connectivity index (χ4v) is 4.74. The number of amides is 1. The number of carbonyl (C=O) groups is 2. The average molecular weight is 531 g/mol. The monoisotopic (exact) mass is 530 g/mol. The number of ether oxygens (including phenoxy) is 3. The number of nitrogens with one attached hydrogen (secondary N) is 2. The summed E-state index contributed by atoms with van der Waals surface area (Å²) in [5, 5.41) is 16.7. The molecule has 5 rings (SSSR count). The number of esters is 1. The molecule has 1 unspecified atom stereocenters. The number of hydrogen-bond donors (Lipinski definition) is 3. The maximum Gasteiger partial charge on any atom is 0.356 e. The van der Waals surface area contributed by atoms with Crippen molar-refractivity contribution in [2.75, 3.05) is 31.5 Å². The third-order valence-electron chi connectivity index (χ3n) is 6.70. The molecule has 0 saturated carbocycles. The van der Waals surface area contributed by atoms with Crippen LogP contribution in [0, 0.1) is 0 Å². The number of pyridine rings is 1. The van der Waals surface area contributed by atoms with Crippen molar-refractivity contribution in [1.82, 2.24) is 9.55 Å². The first-order valence-electron chi connectivity index (χ1n) is 12.7. The van der Waals surface area contributed by atoms with Crippen LogP contribution in [0.1, 0.15) is 39.3 Å². The molecule has 1 aliphatic heterocycles. The van der Waals surface area contributed by atoms with Gasteiger partial charge in [-0.3, -0.25) is 4.79 Å². The topological polar surface area (TPSA) is 124 Å². The van der Waals surface area contributed by atoms with Crippen molar-refractivity contribution in [3.63, 3.8) is 0 Å². The lowest BCUT2D eigenvalue weighted by Crippen LogP contribution is -2.21. The predicted molar refractivity (Wildman–Crippen MR) is 146 cm³/mol. The SMILES string of the molecule is COC(=O)c1c(NC(=O)c2ccccc2)c2cc(NCc3ccc(O)c(OC)c3)cnc2n1CC1CCCO1. The van der Waals surface area contributed by atoms with Crippen LogP contribution in [0.25, 0.3) is 11.0 Å². The smallest absolute Gasteiger partial charge is 0.356 e. The molecule has 10 heteroatoms. The second-order valence-corrected chi connectivity index (χ2v) is 9.24. The highest BCUT2D eigenvalue weighted by Crippen LogP contribution is 2.34. The molecular weight excluding hydrogens is 500 g/mol. The Morgan fingerprint density at radius 2 is 1.97 bits per heavy atom. The van der Waals surface area contributed by atoms with E-state index >= 15 is 0 Å². The minimum Gasteiger partial charge on any atom is -0.504 e. The predicted octanol–water partition coefficient (Wildman–Crippen LogP) is 4.58. The van der Waals surface area contributed by atoms with Gasteiger partial charge in [0.05, 0.1) is 44.4 Å². The lowest BCUT2D eigenvalue weighted by atomic mass is 10.2. The Morgan fingerprint density at radius 1 is 1.15 bits per heavy atom. The van der Waals surface area contributed by atoms with Crippen LogP contribution in [-0.2, 0) is 22.6 Å². The van der Waals surface area contributed by atoms with E-state index in [1.54, 1.807) is 53.2 Å². The molecule has 39 heavy (non-hydrogen) atoms. The van der Waals surface area contributed by atoms with Crippen molar-refractivity contribution in [2.45, 2.75) is 32.0 Å². The fraction of sp³-hybridized carbons (Fsp3) is 0.276. The molecule has 10 nitrogen and oxygen atoms in total. The maximum absolute atomic E-state index is 13.2. The van der Waals surface area contributed by atoms with Gasteiger partial charge in [-0.05, 0) is 48.7 Å². The van der Waals surface area contributed by atoms with Crippen molar-refractivity contribution < 1.29 is 28.9 Å². The van der Waals surface area contributed by atoms with E-state index in [1.165, 1.54) is 14.2 Å². The van der Waals surface area contributed by atoms with Gasteiger partial charge in [0.15, 0.2) is 17.2 Å². The molecule has 1 saturated heterocycles. The Kier molecular flexibility index (Phi) is 7.64. The Balaban J connectivity index is 1.55. The van der Waals surface area contributed by atoms with E-state index in [1.807, 2.05) is 12.1 Å². The maximum atomic E-state index is 13.2. The van der Waals surface area contributed by atoms with Crippen molar-refractivity contribution in [1.29, 1.82) is 0 Å². The molecule has 3 N–H and O–H groups in total. The number of nitrogens with zero attached hydrogens (tertiary/aromatic N) is 2. The second-order valence-electron chi connectivity index (χ2n) is 9.24. The molecule has 0 bridgehead atoms. The van der Waals surface area contributed by atoms with Gasteiger partial charge in [0, 0.05) is 24.1 Å². The number of fused-ring (bicyclic) bond motifs is 1. The summed E-state index contributed by atoms with van der Waals surface area (Å²) in [6.07, 6.45) is 3.40. The molecular formula is C29H30N4O6. The molecule has 2 aromatic carbocycles. The number of aromatic hydroxyl groups is 1. The van der Waals surface area contributed by atoms with Crippen LogP contribution in [0.15, 0.2) is 60.8 Å². The van der Waals surface area contributed by atoms with E-state index in [4.69, 9.17) is 14.2 Å². The third kappa shape index (κ3) is 5.51. The van der Waals surface area contributed by atoms with Crippen molar-refractivity contribution in [3.05, 3.63) is 77.6 Å². The number of benzene rings is 2. The van der Waals surface area contributed by atoms with Crippen molar-refractivity contribution in [2.24, 2.45) is 0 Å². The molecule has 0 spiro atoms. The number of phenols is 1. The van der Waals surface area contributed by atoms with Gasteiger partial charge in [-0.2, -0.15) is 0 Å². The van der Waals surface area contributed by atoms with Crippen LogP contribution >= 0.6 is 0 Å². The van der Waals surface area contributed by atoms with E-state index in [0.29, 0.717) is 53.4 Å². The van der Waals surface area contributed by atoms with Crippen LogP contribution in [0.4, 0.5) is 11.4 Å². The molecule has 0 radical (unpaired) electrons. The van der Waals surface area contributed by atoms with E-state index in [-0.39, 0.29) is 23.5 Å². The minimum absolute atomic E-state index is 0.0612. The number of anilines is 2. The van der Waals surface area contributed by atoms with E-state index < -0.39 is 5.97 Å². The fourth-order valence-electron chi connectivity index (χ4n) is 4.74. The van der Waals surface area contributed by atoms with Gasteiger partial charge in [-0.1, -0.05) is 24.3 Å². The van der Waals surface area contributed by atoms with Crippen LogP contribution in [0.2, 0.25) is 0 Å². The minimum atomic E-state index is -0.583. The zero-order valence-electron chi connectivity index (χ0n) is 21.8. The molecule has 3 heterocycles. The molecule has 1 fully saturated rings. The average Bonchev–Trinajstić information content (AvgIpc) is 3.59. The normalized spacial score (nSPS) is 14.8. The van der Waals surface area contributed by atoms with Crippen molar-refractivity contribution in [3.8, 4) is 11.5 Å². The Morgan fingerprint density at radius 3 is 2.69 bits per heavy atom. The number of hydrogen-bond acceptors (Lipinski definition) is 8. The Labute approximate surface area is 225 Å². The van der Waals surface area contributed by atoms with Gasteiger partial charge < -0.3 is 34.5 Å². The Hall–Kier alpha value is -4.57. The highest BCUT2D eigenvalue weighted by Gasteiger charge is 2.29. The first-order chi connectivity index (χ1) is 19.0. The lowest BCUT2D eigenvalue weighted by molar-refractivity contribution is 0.0580. The van der Waals surface area contributed by atoms with Gasteiger partial charge in [-0.25, -0.2) is 9.78 Å². The lowest BCUT2D eigenvalue weighted by Gasteiger charge is -2.14. The molecule has 1 aliphatic rings.